The molecule has 0 fully saturated rings. The molecule has 0 unspecified atom stereocenters. The zero-order chi connectivity index (χ0) is 5.98. The quantitative estimate of drug-likeness (QED) is 0.443. The summed E-state index contributed by atoms with van der Waals surface area (Å²) in [5.41, 5.74) is 5.42. The lowest BCUT2D eigenvalue weighted by atomic mass is 10.7. The van der Waals surface area contributed by atoms with Crippen LogP contribution in [-0.4, -0.2) is 16.8 Å². The smallest absolute Gasteiger partial charge is 0.214 e. The summed E-state index contributed by atoms with van der Waals surface area (Å²) in [6.45, 7) is 2.97. The SMILES string of the molecule is CCN1SSN=C1N. The Morgan fingerprint density at radius 3 is 2.88 bits per heavy atom. The van der Waals surface area contributed by atoms with Crippen molar-refractivity contribution in [3.8, 4) is 0 Å². The van der Waals surface area contributed by atoms with E-state index < -0.39 is 0 Å². The molecule has 1 aliphatic rings. The Morgan fingerprint density at radius 1 is 1.88 bits per heavy atom. The Hall–Kier alpha value is -0.0300. The van der Waals surface area contributed by atoms with Gasteiger partial charge in [0.15, 0.2) is 0 Å². The number of nitrogens with two attached hydrogens (primary N) is 1. The van der Waals surface area contributed by atoms with Crippen LogP contribution in [0.4, 0.5) is 0 Å². The van der Waals surface area contributed by atoms with E-state index in [1.165, 1.54) is 11.0 Å². The van der Waals surface area contributed by atoms with Crippen molar-refractivity contribution in [2.45, 2.75) is 6.92 Å². The van der Waals surface area contributed by atoms with Crippen LogP contribution in [0.15, 0.2) is 4.40 Å². The molecule has 0 atom stereocenters. The minimum absolute atomic E-state index is 0.627. The van der Waals surface area contributed by atoms with Crippen LogP contribution in [0.2, 0.25) is 0 Å². The highest BCUT2D eigenvalue weighted by atomic mass is 33.1. The predicted octanol–water partition coefficient (Wildman–Crippen LogP) is 0.848. The lowest BCUT2D eigenvalue weighted by Crippen LogP contribution is -2.27. The van der Waals surface area contributed by atoms with Gasteiger partial charge in [-0.1, -0.05) is 0 Å². The fraction of sp³-hybridized carbons (Fsp3) is 0.667. The summed E-state index contributed by atoms with van der Waals surface area (Å²) in [5.74, 6) is 0.627. The Bertz CT molecular complexity index is 113. The highest BCUT2D eigenvalue weighted by Gasteiger charge is 2.12. The van der Waals surface area contributed by atoms with Gasteiger partial charge in [-0.15, -0.1) is 0 Å². The van der Waals surface area contributed by atoms with Crippen molar-refractivity contribution >= 4 is 27.9 Å². The van der Waals surface area contributed by atoms with Crippen molar-refractivity contribution in [2.75, 3.05) is 6.54 Å². The van der Waals surface area contributed by atoms with Gasteiger partial charge in [0, 0.05) is 17.5 Å². The molecule has 0 amide bonds. The molecule has 0 aliphatic carbocycles. The summed E-state index contributed by atoms with van der Waals surface area (Å²) in [6, 6.07) is 0. The van der Waals surface area contributed by atoms with E-state index in [1.807, 2.05) is 11.2 Å². The molecular weight excluding hydrogens is 142 g/mol. The molecule has 0 aromatic rings. The monoisotopic (exact) mass is 149 g/mol. The molecule has 1 aliphatic heterocycles. The first-order valence-electron chi connectivity index (χ1n) is 2.29. The number of rotatable bonds is 1. The van der Waals surface area contributed by atoms with Gasteiger partial charge in [0.2, 0.25) is 5.96 Å². The standard InChI is InChI=1S/C3H7N3S2/c1-2-6-3(4)5-7-8-6/h2H2,1H3,(H2,4,5). The maximum atomic E-state index is 5.42. The topological polar surface area (TPSA) is 41.6 Å². The molecular formula is C3H7N3S2. The minimum atomic E-state index is 0.627. The van der Waals surface area contributed by atoms with Crippen molar-refractivity contribution in [2.24, 2.45) is 10.1 Å². The van der Waals surface area contributed by atoms with Gasteiger partial charge >= 0.3 is 0 Å². The van der Waals surface area contributed by atoms with Gasteiger partial charge in [-0.2, -0.15) is 4.40 Å². The van der Waals surface area contributed by atoms with E-state index in [2.05, 4.69) is 4.40 Å². The van der Waals surface area contributed by atoms with E-state index >= 15 is 0 Å². The lowest BCUT2D eigenvalue weighted by Gasteiger charge is -2.09. The molecule has 0 radical (unpaired) electrons. The first-order chi connectivity index (χ1) is 3.84. The lowest BCUT2D eigenvalue weighted by molar-refractivity contribution is 0.718. The predicted molar refractivity (Wildman–Crippen MR) is 39.2 cm³/mol. The van der Waals surface area contributed by atoms with E-state index in [0.29, 0.717) is 5.96 Å². The van der Waals surface area contributed by atoms with E-state index in [9.17, 15) is 0 Å². The number of guanidine groups is 1. The summed E-state index contributed by atoms with van der Waals surface area (Å²) in [4.78, 5) is 0. The summed E-state index contributed by atoms with van der Waals surface area (Å²) in [5, 5.41) is 0. The molecule has 0 aromatic carbocycles. The second-order valence-electron chi connectivity index (χ2n) is 1.29. The molecule has 3 nitrogen and oxygen atoms in total. The highest BCUT2D eigenvalue weighted by molar-refractivity contribution is 8.75. The van der Waals surface area contributed by atoms with E-state index in [0.717, 1.165) is 6.54 Å². The second kappa shape index (κ2) is 2.50. The fourth-order valence-electron chi connectivity index (χ4n) is 0.394. The number of hydrogen-bond acceptors (Lipinski definition) is 5. The molecule has 1 rings (SSSR count). The molecule has 1 heterocycles. The Morgan fingerprint density at radius 2 is 2.62 bits per heavy atom. The molecule has 46 valence electrons. The van der Waals surface area contributed by atoms with Crippen LogP contribution >= 0.6 is 22.0 Å². The molecule has 2 N–H and O–H groups in total. The first-order valence-corrected chi connectivity index (χ1v) is 4.35. The van der Waals surface area contributed by atoms with E-state index in [4.69, 9.17) is 5.73 Å². The highest BCUT2D eigenvalue weighted by Crippen LogP contribution is 2.32. The van der Waals surface area contributed by atoms with Gasteiger partial charge < -0.3 is 5.73 Å². The van der Waals surface area contributed by atoms with Crippen molar-refractivity contribution in [3.63, 3.8) is 0 Å². The van der Waals surface area contributed by atoms with Gasteiger partial charge in [0.1, 0.15) is 0 Å². The molecule has 0 bridgehead atoms. The van der Waals surface area contributed by atoms with Gasteiger partial charge in [0.25, 0.3) is 0 Å². The fourth-order valence-corrected chi connectivity index (χ4v) is 2.07. The van der Waals surface area contributed by atoms with Crippen molar-refractivity contribution in [3.05, 3.63) is 0 Å². The summed E-state index contributed by atoms with van der Waals surface area (Å²) in [7, 11) is 2.99. The summed E-state index contributed by atoms with van der Waals surface area (Å²) in [6.07, 6.45) is 0. The van der Waals surface area contributed by atoms with Crippen LogP contribution in [0.1, 0.15) is 6.92 Å². The van der Waals surface area contributed by atoms with Crippen LogP contribution in [0.3, 0.4) is 0 Å². The molecule has 5 heteroatoms. The van der Waals surface area contributed by atoms with Crippen LogP contribution in [0.25, 0.3) is 0 Å². The Balaban J connectivity index is 2.46. The molecule has 8 heavy (non-hydrogen) atoms. The van der Waals surface area contributed by atoms with Crippen LogP contribution in [0.5, 0.6) is 0 Å². The third-order valence-corrected chi connectivity index (χ3v) is 2.71. The van der Waals surface area contributed by atoms with Gasteiger partial charge in [-0.3, -0.25) is 4.31 Å². The van der Waals surface area contributed by atoms with Crippen LogP contribution < -0.4 is 5.73 Å². The first kappa shape index (κ1) is 6.10. The van der Waals surface area contributed by atoms with E-state index in [1.54, 1.807) is 11.0 Å². The minimum Gasteiger partial charge on any atom is -0.368 e. The average molecular weight is 149 g/mol. The summed E-state index contributed by atoms with van der Waals surface area (Å²) >= 11 is 0. The number of nitrogens with zero attached hydrogens (tertiary/aromatic N) is 2. The average Bonchev–Trinajstić information content (AvgIpc) is 2.14. The van der Waals surface area contributed by atoms with Crippen molar-refractivity contribution in [1.29, 1.82) is 0 Å². The Kier molecular flexibility index (Phi) is 1.90. The largest absolute Gasteiger partial charge is 0.368 e. The molecule has 0 aromatic heterocycles. The second-order valence-corrected chi connectivity index (χ2v) is 3.11. The Labute approximate surface area is 56.4 Å². The van der Waals surface area contributed by atoms with E-state index in [-0.39, 0.29) is 0 Å². The molecule has 0 spiro atoms. The maximum absolute atomic E-state index is 5.42. The maximum Gasteiger partial charge on any atom is 0.214 e. The zero-order valence-corrected chi connectivity index (χ0v) is 6.13. The van der Waals surface area contributed by atoms with Crippen LogP contribution in [0, 0.1) is 0 Å². The molecule has 0 saturated carbocycles. The third-order valence-electron chi connectivity index (χ3n) is 0.797. The third kappa shape index (κ3) is 1.03. The van der Waals surface area contributed by atoms with Crippen molar-refractivity contribution in [1.82, 2.24) is 4.31 Å². The zero-order valence-electron chi connectivity index (χ0n) is 4.50. The van der Waals surface area contributed by atoms with Gasteiger partial charge in [-0.05, 0) is 6.92 Å². The van der Waals surface area contributed by atoms with Gasteiger partial charge in [0.05, 0.1) is 11.0 Å². The van der Waals surface area contributed by atoms with Crippen LogP contribution in [-0.2, 0) is 0 Å². The normalized spacial score (nSPS) is 19.1. The number of hydrogen-bond donors (Lipinski definition) is 1. The summed E-state index contributed by atoms with van der Waals surface area (Å²) < 4.78 is 5.82. The van der Waals surface area contributed by atoms with Crippen molar-refractivity contribution < 1.29 is 0 Å². The van der Waals surface area contributed by atoms with Gasteiger partial charge in [-0.25, -0.2) is 0 Å². The molecule has 0 saturated heterocycles.